The highest BCUT2D eigenvalue weighted by atomic mass is 16.5. The van der Waals surface area contributed by atoms with Crippen LogP contribution < -0.4 is 10.1 Å². The number of nitrogens with one attached hydrogen (secondary N) is 2. The SMILES string of the molecule is CCOc1ccc(CNCc2c(C(=O)O)[nH]c3cc(C)ccc23)cc1. The zero-order valence-electron chi connectivity index (χ0n) is 14.4. The fourth-order valence-electron chi connectivity index (χ4n) is 2.94. The van der Waals surface area contributed by atoms with Crippen LogP contribution in [0.5, 0.6) is 5.75 Å². The van der Waals surface area contributed by atoms with Crippen molar-refractivity contribution in [1.82, 2.24) is 10.3 Å². The van der Waals surface area contributed by atoms with Gasteiger partial charge in [0.2, 0.25) is 0 Å². The van der Waals surface area contributed by atoms with Gasteiger partial charge in [-0.25, -0.2) is 4.79 Å². The number of rotatable bonds is 7. The predicted molar refractivity (Wildman–Crippen MR) is 98.1 cm³/mol. The lowest BCUT2D eigenvalue weighted by molar-refractivity contribution is 0.0690. The lowest BCUT2D eigenvalue weighted by Crippen LogP contribution is -2.15. The lowest BCUT2D eigenvalue weighted by Gasteiger charge is -2.07. The Labute approximate surface area is 146 Å². The van der Waals surface area contributed by atoms with Crippen molar-refractivity contribution in [3.63, 3.8) is 0 Å². The Hall–Kier alpha value is -2.79. The number of aromatic carboxylic acids is 1. The summed E-state index contributed by atoms with van der Waals surface area (Å²) in [4.78, 5) is 14.6. The molecule has 0 aliphatic rings. The lowest BCUT2D eigenvalue weighted by atomic mass is 10.1. The third kappa shape index (κ3) is 3.83. The van der Waals surface area contributed by atoms with Crippen LogP contribution in [0.2, 0.25) is 0 Å². The zero-order chi connectivity index (χ0) is 17.8. The van der Waals surface area contributed by atoms with Crippen molar-refractivity contribution in [2.24, 2.45) is 0 Å². The van der Waals surface area contributed by atoms with Crippen molar-refractivity contribution in [3.8, 4) is 5.75 Å². The van der Waals surface area contributed by atoms with Crippen LogP contribution in [0.15, 0.2) is 42.5 Å². The third-order valence-electron chi connectivity index (χ3n) is 4.14. The molecule has 0 atom stereocenters. The Kier molecular flexibility index (Phi) is 5.05. The normalized spacial score (nSPS) is 11.0. The van der Waals surface area contributed by atoms with E-state index in [-0.39, 0.29) is 5.69 Å². The van der Waals surface area contributed by atoms with Gasteiger partial charge in [0.15, 0.2) is 0 Å². The van der Waals surface area contributed by atoms with Gasteiger partial charge in [0.05, 0.1) is 6.61 Å². The number of carboxylic acids is 1. The van der Waals surface area contributed by atoms with Gasteiger partial charge in [-0.3, -0.25) is 0 Å². The molecule has 0 saturated heterocycles. The molecule has 3 N–H and O–H groups in total. The molecule has 5 nitrogen and oxygen atoms in total. The smallest absolute Gasteiger partial charge is 0.352 e. The average Bonchev–Trinajstić information content (AvgIpc) is 2.95. The summed E-state index contributed by atoms with van der Waals surface area (Å²) >= 11 is 0. The van der Waals surface area contributed by atoms with Gasteiger partial charge in [0, 0.05) is 29.6 Å². The molecule has 0 radical (unpaired) electrons. The van der Waals surface area contributed by atoms with E-state index in [1.54, 1.807) is 0 Å². The highest BCUT2D eigenvalue weighted by Crippen LogP contribution is 2.24. The van der Waals surface area contributed by atoms with Gasteiger partial charge in [0.1, 0.15) is 11.4 Å². The van der Waals surface area contributed by atoms with E-state index < -0.39 is 5.97 Å². The molecule has 0 spiro atoms. The van der Waals surface area contributed by atoms with E-state index in [4.69, 9.17) is 4.74 Å². The van der Waals surface area contributed by atoms with Gasteiger partial charge in [-0.05, 0) is 43.2 Å². The maximum absolute atomic E-state index is 11.5. The van der Waals surface area contributed by atoms with Crippen LogP contribution in [0.1, 0.15) is 34.1 Å². The van der Waals surface area contributed by atoms with Crippen LogP contribution in [0.4, 0.5) is 0 Å². The van der Waals surface area contributed by atoms with Crippen LogP contribution in [0, 0.1) is 6.92 Å². The Morgan fingerprint density at radius 1 is 1.16 bits per heavy atom. The van der Waals surface area contributed by atoms with E-state index in [1.807, 2.05) is 56.3 Å². The van der Waals surface area contributed by atoms with Gasteiger partial charge in [-0.15, -0.1) is 0 Å². The molecular weight excluding hydrogens is 316 g/mol. The van der Waals surface area contributed by atoms with Crippen molar-refractivity contribution in [2.75, 3.05) is 6.61 Å². The molecule has 25 heavy (non-hydrogen) atoms. The molecule has 2 aromatic carbocycles. The standard InChI is InChI=1S/C20H22N2O3/c1-3-25-15-7-5-14(6-8-15)11-21-12-17-16-9-4-13(2)10-18(16)22-19(17)20(23)24/h4-10,21-22H,3,11-12H2,1-2H3,(H,23,24). The van der Waals surface area contributed by atoms with E-state index >= 15 is 0 Å². The van der Waals surface area contributed by atoms with Crippen molar-refractivity contribution >= 4 is 16.9 Å². The largest absolute Gasteiger partial charge is 0.494 e. The summed E-state index contributed by atoms with van der Waals surface area (Å²) in [5.74, 6) is -0.0851. The fraction of sp³-hybridized carbons (Fsp3) is 0.250. The molecule has 0 unspecified atom stereocenters. The number of H-pyrrole nitrogens is 1. The monoisotopic (exact) mass is 338 g/mol. The molecule has 0 saturated carbocycles. The Morgan fingerprint density at radius 3 is 2.60 bits per heavy atom. The number of aromatic amines is 1. The van der Waals surface area contributed by atoms with Crippen molar-refractivity contribution < 1.29 is 14.6 Å². The van der Waals surface area contributed by atoms with Crippen LogP contribution in [-0.2, 0) is 13.1 Å². The number of carbonyl (C=O) groups is 1. The van der Waals surface area contributed by atoms with Crippen molar-refractivity contribution in [3.05, 3.63) is 64.8 Å². The van der Waals surface area contributed by atoms with Gasteiger partial charge < -0.3 is 20.1 Å². The second-order valence-electron chi connectivity index (χ2n) is 6.01. The summed E-state index contributed by atoms with van der Waals surface area (Å²) in [5, 5.41) is 13.7. The van der Waals surface area contributed by atoms with E-state index in [1.165, 1.54) is 0 Å². The average molecular weight is 338 g/mol. The minimum atomic E-state index is -0.938. The van der Waals surface area contributed by atoms with Crippen molar-refractivity contribution in [2.45, 2.75) is 26.9 Å². The molecule has 130 valence electrons. The number of fused-ring (bicyclic) bond motifs is 1. The number of aryl methyl sites for hydroxylation is 1. The summed E-state index contributed by atoms with van der Waals surface area (Å²) in [7, 11) is 0. The molecule has 3 rings (SSSR count). The maximum atomic E-state index is 11.5. The first-order valence-corrected chi connectivity index (χ1v) is 8.35. The Morgan fingerprint density at radius 2 is 1.92 bits per heavy atom. The number of carboxylic acid groups (broad SMARTS) is 1. The van der Waals surface area contributed by atoms with Crippen LogP contribution in [0.25, 0.3) is 10.9 Å². The van der Waals surface area contributed by atoms with Crippen molar-refractivity contribution in [1.29, 1.82) is 0 Å². The molecule has 1 heterocycles. The first-order valence-electron chi connectivity index (χ1n) is 8.35. The van der Waals surface area contributed by atoms with E-state index in [9.17, 15) is 9.90 Å². The number of hydrogen-bond donors (Lipinski definition) is 3. The number of aromatic nitrogens is 1. The minimum Gasteiger partial charge on any atom is -0.494 e. The topological polar surface area (TPSA) is 74.3 Å². The predicted octanol–water partition coefficient (Wildman–Crippen LogP) is 3.86. The summed E-state index contributed by atoms with van der Waals surface area (Å²) < 4.78 is 5.43. The van der Waals surface area contributed by atoms with Gasteiger partial charge >= 0.3 is 5.97 Å². The summed E-state index contributed by atoms with van der Waals surface area (Å²) in [5.41, 5.74) is 4.11. The third-order valence-corrected chi connectivity index (χ3v) is 4.14. The van der Waals surface area contributed by atoms with Gasteiger partial charge in [-0.1, -0.05) is 24.3 Å². The van der Waals surface area contributed by atoms with Crippen LogP contribution >= 0.6 is 0 Å². The number of benzene rings is 2. The summed E-state index contributed by atoms with van der Waals surface area (Å²) in [6, 6.07) is 13.8. The molecular formula is C20H22N2O3. The second kappa shape index (κ2) is 7.40. The molecule has 3 aromatic rings. The van der Waals surface area contributed by atoms with Crippen LogP contribution in [0.3, 0.4) is 0 Å². The summed E-state index contributed by atoms with van der Waals surface area (Å²) in [6.45, 7) is 5.74. The Bertz CT molecular complexity index is 882. The first-order chi connectivity index (χ1) is 12.1. The van der Waals surface area contributed by atoms with Crippen LogP contribution in [-0.4, -0.2) is 22.7 Å². The molecule has 0 aliphatic carbocycles. The number of ether oxygens (including phenoxy) is 1. The molecule has 0 aliphatic heterocycles. The van der Waals surface area contributed by atoms with Gasteiger partial charge in [-0.2, -0.15) is 0 Å². The number of hydrogen-bond acceptors (Lipinski definition) is 3. The fourth-order valence-corrected chi connectivity index (χ4v) is 2.94. The van der Waals surface area contributed by atoms with E-state index in [0.717, 1.165) is 33.3 Å². The molecule has 5 heteroatoms. The second-order valence-corrected chi connectivity index (χ2v) is 6.01. The summed E-state index contributed by atoms with van der Waals surface area (Å²) in [6.07, 6.45) is 0. The first kappa shape index (κ1) is 17.0. The molecule has 1 aromatic heterocycles. The quantitative estimate of drug-likeness (QED) is 0.611. The highest BCUT2D eigenvalue weighted by molar-refractivity contribution is 5.97. The van der Waals surface area contributed by atoms with E-state index in [0.29, 0.717) is 19.7 Å². The minimum absolute atomic E-state index is 0.250. The Balaban J connectivity index is 1.74. The zero-order valence-corrected chi connectivity index (χ0v) is 14.4. The molecule has 0 amide bonds. The molecule has 0 fully saturated rings. The van der Waals surface area contributed by atoms with E-state index in [2.05, 4.69) is 10.3 Å². The maximum Gasteiger partial charge on any atom is 0.352 e. The van der Waals surface area contributed by atoms with Gasteiger partial charge in [0.25, 0.3) is 0 Å². The molecule has 0 bridgehead atoms. The highest BCUT2D eigenvalue weighted by Gasteiger charge is 2.16.